The van der Waals surface area contributed by atoms with Crippen LogP contribution in [0.15, 0.2) is 48.7 Å². The van der Waals surface area contributed by atoms with E-state index in [4.69, 9.17) is 0 Å². The maximum Gasteiger partial charge on any atom is 0.251 e. The smallest absolute Gasteiger partial charge is 0.251 e. The lowest BCUT2D eigenvalue weighted by Crippen LogP contribution is -2.47. The summed E-state index contributed by atoms with van der Waals surface area (Å²) in [6, 6.07) is 12.2. The number of nitrogens with one attached hydrogen (secondary N) is 3. The van der Waals surface area contributed by atoms with Gasteiger partial charge in [-0.3, -0.25) is 14.7 Å². The Morgan fingerprint density at radius 1 is 1.12 bits per heavy atom. The van der Waals surface area contributed by atoms with Crippen LogP contribution in [0.3, 0.4) is 0 Å². The number of anilines is 1. The highest BCUT2D eigenvalue weighted by Gasteiger charge is 2.25. The van der Waals surface area contributed by atoms with Crippen molar-refractivity contribution in [3.8, 4) is 0 Å². The summed E-state index contributed by atoms with van der Waals surface area (Å²) in [5.41, 5.74) is 3.11. The van der Waals surface area contributed by atoms with Crippen molar-refractivity contribution in [1.29, 1.82) is 0 Å². The largest absolute Gasteiger partial charge is 0.340 e. The first-order valence-electron chi connectivity index (χ1n) is 8.55. The van der Waals surface area contributed by atoms with Crippen molar-refractivity contribution < 1.29 is 9.59 Å². The number of H-pyrrole nitrogens is 1. The maximum atomic E-state index is 12.7. The lowest BCUT2D eigenvalue weighted by molar-refractivity contribution is -0.118. The molecule has 0 saturated carbocycles. The van der Waals surface area contributed by atoms with Crippen molar-refractivity contribution in [2.45, 2.75) is 26.8 Å². The van der Waals surface area contributed by atoms with Crippen molar-refractivity contribution in [2.75, 3.05) is 5.32 Å². The minimum atomic E-state index is -0.636. The SMILES string of the molecule is Cc1cccc(C(=O)NC(C(=O)Nc2ccc3[nH]ncc3c2)C(C)C)c1. The molecule has 3 N–H and O–H groups in total. The van der Waals surface area contributed by atoms with E-state index in [0.717, 1.165) is 16.5 Å². The predicted molar refractivity (Wildman–Crippen MR) is 102 cm³/mol. The van der Waals surface area contributed by atoms with Crippen LogP contribution in [-0.4, -0.2) is 28.1 Å². The maximum absolute atomic E-state index is 12.7. The van der Waals surface area contributed by atoms with Crippen LogP contribution in [0.2, 0.25) is 0 Å². The summed E-state index contributed by atoms with van der Waals surface area (Å²) in [5, 5.41) is 13.5. The fourth-order valence-electron chi connectivity index (χ4n) is 2.79. The molecule has 134 valence electrons. The number of hydrogen-bond acceptors (Lipinski definition) is 3. The van der Waals surface area contributed by atoms with Crippen molar-refractivity contribution in [3.63, 3.8) is 0 Å². The van der Waals surface area contributed by atoms with Gasteiger partial charge >= 0.3 is 0 Å². The van der Waals surface area contributed by atoms with Gasteiger partial charge in [-0.15, -0.1) is 0 Å². The van der Waals surface area contributed by atoms with Crippen molar-refractivity contribution in [1.82, 2.24) is 15.5 Å². The van der Waals surface area contributed by atoms with Gasteiger partial charge in [-0.1, -0.05) is 31.5 Å². The Morgan fingerprint density at radius 3 is 2.65 bits per heavy atom. The normalized spacial score (nSPS) is 12.2. The topological polar surface area (TPSA) is 86.9 Å². The molecule has 2 amide bonds. The number of benzene rings is 2. The minimum Gasteiger partial charge on any atom is -0.340 e. The van der Waals surface area contributed by atoms with Gasteiger partial charge < -0.3 is 10.6 Å². The third-order valence-electron chi connectivity index (χ3n) is 4.22. The highest BCUT2D eigenvalue weighted by Crippen LogP contribution is 2.17. The molecule has 6 heteroatoms. The highest BCUT2D eigenvalue weighted by atomic mass is 16.2. The summed E-state index contributed by atoms with van der Waals surface area (Å²) in [6.45, 7) is 5.73. The second kappa shape index (κ2) is 7.39. The molecular weight excluding hydrogens is 328 g/mol. The third kappa shape index (κ3) is 3.91. The number of amides is 2. The molecule has 0 aliphatic carbocycles. The molecule has 26 heavy (non-hydrogen) atoms. The molecule has 1 heterocycles. The van der Waals surface area contributed by atoms with Crippen LogP contribution in [0.25, 0.3) is 10.9 Å². The Balaban J connectivity index is 1.74. The van der Waals surface area contributed by atoms with Crippen LogP contribution in [0.4, 0.5) is 5.69 Å². The number of hydrogen-bond donors (Lipinski definition) is 3. The molecule has 0 aliphatic rings. The molecule has 0 fully saturated rings. The van der Waals surface area contributed by atoms with Gasteiger partial charge in [0.1, 0.15) is 6.04 Å². The van der Waals surface area contributed by atoms with Crippen molar-refractivity contribution in [3.05, 3.63) is 59.8 Å². The van der Waals surface area contributed by atoms with Gasteiger partial charge in [-0.05, 0) is 43.2 Å². The van der Waals surface area contributed by atoms with E-state index in [-0.39, 0.29) is 17.7 Å². The van der Waals surface area contributed by atoms with Crippen LogP contribution in [0.1, 0.15) is 29.8 Å². The fraction of sp³-hybridized carbons (Fsp3) is 0.250. The minimum absolute atomic E-state index is 0.0542. The summed E-state index contributed by atoms with van der Waals surface area (Å²) in [4.78, 5) is 25.2. The quantitative estimate of drug-likeness (QED) is 0.660. The van der Waals surface area contributed by atoms with E-state index in [9.17, 15) is 9.59 Å². The van der Waals surface area contributed by atoms with Crippen LogP contribution in [-0.2, 0) is 4.79 Å². The number of aromatic amines is 1. The molecule has 0 radical (unpaired) electrons. The first-order chi connectivity index (χ1) is 12.4. The third-order valence-corrected chi connectivity index (χ3v) is 4.22. The van der Waals surface area contributed by atoms with E-state index in [1.807, 2.05) is 45.0 Å². The van der Waals surface area contributed by atoms with E-state index in [1.54, 1.807) is 24.4 Å². The number of fused-ring (bicyclic) bond motifs is 1. The van der Waals surface area contributed by atoms with E-state index in [0.29, 0.717) is 11.3 Å². The molecule has 0 spiro atoms. The van der Waals surface area contributed by atoms with Gasteiger partial charge in [0.05, 0.1) is 11.7 Å². The molecule has 0 saturated heterocycles. The number of aromatic nitrogens is 2. The van der Waals surface area contributed by atoms with E-state index in [2.05, 4.69) is 20.8 Å². The molecule has 0 bridgehead atoms. The Hall–Kier alpha value is -3.15. The Kier molecular flexibility index (Phi) is 5.02. The van der Waals surface area contributed by atoms with Gasteiger partial charge in [0.15, 0.2) is 0 Å². The summed E-state index contributed by atoms with van der Waals surface area (Å²) in [7, 11) is 0. The fourth-order valence-corrected chi connectivity index (χ4v) is 2.79. The second-order valence-electron chi connectivity index (χ2n) is 6.73. The number of nitrogens with zero attached hydrogens (tertiary/aromatic N) is 1. The first-order valence-corrected chi connectivity index (χ1v) is 8.55. The molecule has 6 nitrogen and oxygen atoms in total. The zero-order valence-electron chi connectivity index (χ0n) is 15.0. The molecule has 1 unspecified atom stereocenters. The van der Waals surface area contributed by atoms with Crippen molar-refractivity contribution in [2.24, 2.45) is 5.92 Å². The van der Waals surface area contributed by atoms with Crippen LogP contribution in [0, 0.1) is 12.8 Å². The number of carbonyl (C=O) groups excluding carboxylic acids is 2. The summed E-state index contributed by atoms with van der Waals surface area (Å²) < 4.78 is 0. The van der Waals surface area contributed by atoms with Gasteiger partial charge in [0.2, 0.25) is 5.91 Å². The van der Waals surface area contributed by atoms with Gasteiger partial charge in [0, 0.05) is 16.6 Å². The number of rotatable bonds is 5. The van der Waals surface area contributed by atoms with Gasteiger partial charge in [-0.25, -0.2) is 0 Å². The zero-order valence-corrected chi connectivity index (χ0v) is 15.0. The Morgan fingerprint density at radius 2 is 1.92 bits per heavy atom. The van der Waals surface area contributed by atoms with E-state index in [1.165, 1.54) is 0 Å². The first kappa shape index (κ1) is 17.7. The molecule has 2 aromatic carbocycles. The summed E-state index contributed by atoms with van der Waals surface area (Å²) in [6.07, 6.45) is 1.70. The number of aryl methyl sites for hydroxylation is 1. The lowest BCUT2D eigenvalue weighted by Gasteiger charge is -2.22. The molecular formula is C20H22N4O2. The average Bonchev–Trinajstić information content (AvgIpc) is 3.06. The lowest BCUT2D eigenvalue weighted by atomic mass is 10.0. The Bertz CT molecular complexity index is 946. The standard InChI is InChI=1S/C20H22N4O2/c1-12(2)18(23-19(25)14-6-4-5-13(3)9-14)20(26)22-16-7-8-17-15(10-16)11-21-24-17/h4-12,18H,1-3H3,(H,21,24)(H,22,26)(H,23,25). The molecule has 1 aromatic heterocycles. The molecule has 3 aromatic rings. The Labute approximate surface area is 152 Å². The van der Waals surface area contributed by atoms with Crippen LogP contribution in [0.5, 0.6) is 0 Å². The highest BCUT2D eigenvalue weighted by molar-refractivity contribution is 6.02. The van der Waals surface area contributed by atoms with Crippen molar-refractivity contribution >= 4 is 28.4 Å². The van der Waals surface area contributed by atoms with Gasteiger partial charge in [0.25, 0.3) is 5.91 Å². The van der Waals surface area contributed by atoms with E-state index < -0.39 is 6.04 Å². The summed E-state index contributed by atoms with van der Waals surface area (Å²) >= 11 is 0. The average molecular weight is 350 g/mol. The van der Waals surface area contributed by atoms with Gasteiger partial charge in [-0.2, -0.15) is 5.10 Å². The summed E-state index contributed by atoms with van der Waals surface area (Å²) in [5.74, 6) is -0.557. The molecule has 1 atom stereocenters. The monoisotopic (exact) mass is 350 g/mol. The van der Waals surface area contributed by atoms with Crippen LogP contribution >= 0.6 is 0 Å². The predicted octanol–water partition coefficient (Wildman–Crippen LogP) is 3.26. The molecule has 0 aliphatic heterocycles. The second-order valence-corrected chi connectivity index (χ2v) is 6.73. The van der Waals surface area contributed by atoms with E-state index >= 15 is 0 Å². The number of carbonyl (C=O) groups is 2. The van der Waals surface area contributed by atoms with Crippen LogP contribution < -0.4 is 10.6 Å². The zero-order chi connectivity index (χ0) is 18.7. The molecule has 3 rings (SSSR count).